The molecule has 1 aliphatic rings. The average Bonchev–Trinajstić information content (AvgIpc) is 3.49. The van der Waals surface area contributed by atoms with Crippen molar-refractivity contribution in [2.24, 2.45) is 17.8 Å². The third-order valence-corrected chi connectivity index (χ3v) is 8.64. The Bertz CT molecular complexity index is 1870. The lowest BCUT2D eigenvalue weighted by molar-refractivity contribution is 0.369. The van der Waals surface area contributed by atoms with Crippen molar-refractivity contribution in [3.05, 3.63) is 176 Å². The van der Waals surface area contributed by atoms with E-state index >= 15 is 0 Å². The second-order valence-electron chi connectivity index (χ2n) is 12.1. The van der Waals surface area contributed by atoms with E-state index in [2.05, 4.69) is 155 Å². The zero-order valence-electron chi connectivity index (χ0n) is 29.7. The lowest BCUT2D eigenvalue weighted by atomic mass is 9.84. The van der Waals surface area contributed by atoms with Gasteiger partial charge in [-0.05, 0) is 68.1 Å². The van der Waals surface area contributed by atoms with Gasteiger partial charge >= 0.3 is 0 Å². The summed E-state index contributed by atoms with van der Waals surface area (Å²) in [5, 5.41) is 2.21. The Balaban J connectivity index is 0.00000265. The van der Waals surface area contributed by atoms with Crippen molar-refractivity contribution in [2.75, 3.05) is 0 Å². The molecule has 0 spiro atoms. The fourth-order valence-corrected chi connectivity index (χ4v) is 6.09. The Morgan fingerprint density at radius 2 is 1.63 bits per heavy atom. The Hall–Kier alpha value is -5.08. The van der Waals surface area contributed by atoms with Crippen LogP contribution in [0.25, 0.3) is 33.1 Å². The maximum absolute atomic E-state index is 6.48. The number of allylic oxidation sites excluding steroid dienone is 16. The van der Waals surface area contributed by atoms with Crippen LogP contribution < -0.4 is 4.74 Å². The van der Waals surface area contributed by atoms with E-state index in [1.165, 1.54) is 0 Å². The Labute approximate surface area is 294 Å². The average molecular weight is 649 g/mol. The van der Waals surface area contributed by atoms with Crippen LogP contribution in [0.15, 0.2) is 175 Å². The number of benzene rings is 3. The van der Waals surface area contributed by atoms with Crippen molar-refractivity contribution < 1.29 is 9.15 Å². The van der Waals surface area contributed by atoms with E-state index < -0.39 is 0 Å². The van der Waals surface area contributed by atoms with Crippen LogP contribution >= 0.6 is 0 Å². The molecule has 0 aliphatic heterocycles. The zero-order chi connectivity index (χ0) is 34.8. The Kier molecular flexibility index (Phi) is 14.8. The minimum absolute atomic E-state index is 0.309. The molecule has 1 heterocycles. The maximum atomic E-state index is 6.48. The molecular formula is C47H52O2. The first kappa shape index (κ1) is 36.8. The molecule has 2 nitrogen and oxygen atoms in total. The molecule has 0 fully saturated rings. The van der Waals surface area contributed by atoms with E-state index in [0.717, 1.165) is 75.8 Å². The zero-order valence-corrected chi connectivity index (χ0v) is 29.7. The van der Waals surface area contributed by atoms with Crippen LogP contribution in [0.4, 0.5) is 0 Å². The molecule has 0 saturated carbocycles. The van der Waals surface area contributed by atoms with Gasteiger partial charge in [0.15, 0.2) is 0 Å². The van der Waals surface area contributed by atoms with Gasteiger partial charge in [0.25, 0.3) is 0 Å². The van der Waals surface area contributed by atoms with Crippen molar-refractivity contribution in [1.29, 1.82) is 0 Å². The summed E-state index contributed by atoms with van der Waals surface area (Å²) in [6, 6.07) is 20.9. The van der Waals surface area contributed by atoms with Crippen LogP contribution in [0.5, 0.6) is 5.75 Å². The molecule has 1 aliphatic carbocycles. The molecule has 0 bridgehead atoms. The van der Waals surface area contributed by atoms with Crippen LogP contribution in [-0.4, -0.2) is 0 Å². The first-order chi connectivity index (χ1) is 24.1. The predicted octanol–water partition coefficient (Wildman–Crippen LogP) is 14.0. The molecule has 49 heavy (non-hydrogen) atoms. The number of hydrogen-bond acceptors (Lipinski definition) is 2. The van der Waals surface area contributed by atoms with Crippen molar-refractivity contribution in [3.8, 4) is 16.9 Å². The summed E-state index contributed by atoms with van der Waals surface area (Å²) in [5.41, 5.74) is 5.01. The summed E-state index contributed by atoms with van der Waals surface area (Å²) in [5.74, 6) is 2.55. The first-order valence-electron chi connectivity index (χ1n) is 17.7. The number of para-hydroxylation sites is 1. The van der Waals surface area contributed by atoms with Gasteiger partial charge in [0.05, 0.1) is 5.76 Å². The maximum Gasteiger partial charge on any atom is 0.143 e. The number of rotatable bonds is 10. The summed E-state index contributed by atoms with van der Waals surface area (Å²) < 4.78 is 12.9. The van der Waals surface area contributed by atoms with Crippen molar-refractivity contribution in [1.82, 2.24) is 0 Å². The van der Waals surface area contributed by atoms with Gasteiger partial charge in [0, 0.05) is 28.8 Å². The monoisotopic (exact) mass is 648 g/mol. The number of ether oxygens (including phenoxy) is 1. The summed E-state index contributed by atoms with van der Waals surface area (Å²) in [6.45, 7) is 16.4. The smallest absolute Gasteiger partial charge is 0.143 e. The molecule has 5 rings (SSSR count). The largest absolute Gasteiger partial charge is 0.462 e. The van der Waals surface area contributed by atoms with Crippen molar-refractivity contribution >= 4 is 21.9 Å². The summed E-state index contributed by atoms with van der Waals surface area (Å²) in [4.78, 5) is 0. The van der Waals surface area contributed by atoms with Crippen LogP contribution in [0, 0.1) is 24.7 Å². The van der Waals surface area contributed by atoms with E-state index in [-0.39, 0.29) is 0 Å². The Morgan fingerprint density at radius 1 is 0.878 bits per heavy atom. The molecule has 0 saturated heterocycles. The molecule has 0 N–H and O–H groups in total. The van der Waals surface area contributed by atoms with Gasteiger partial charge in [0.2, 0.25) is 0 Å². The van der Waals surface area contributed by atoms with E-state index in [0.29, 0.717) is 17.8 Å². The lowest BCUT2D eigenvalue weighted by Crippen LogP contribution is -2.11. The van der Waals surface area contributed by atoms with Gasteiger partial charge in [-0.2, -0.15) is 0 Å². The summed E-state index contributed by atoms with van der Waals surface area (Å²) in [6.07, 6.45) is 36.0. The molecule has 0 amide bonds. The molecule has 3 atom stereocenters. The Morgan fingerprint density at radius 3 is 2.39 bits per heavy atom. The summed E-state index contributed by atoms with van der Waals surface area (Å²) >= 11 is 0. The number of hydrogen-bond donors (Lipinski definition) is 0. The quantitative estimate of drug-likeness (QED) is 0.0970. The molecule has 252 valence electrons. The summed E-state index contributed by atoms with van der Waals surface area (Å²) in [7, 11) is 0. The normalized spacial score (nSPS) is 21.4. The van der Waals surface area contributed by atoms with Crippen molar-refractivity contribution in [2.45, 2.75) is 53.4 Å². The van der Waals surface area contributed by atoms with Gasteiger partial charge in [-0.25, -0.2) is 0 Å². The molecule has 2 unspecified atom stereocenters. The second-order valence-corrected chi connectivity index (χ2v) is 12.1. The fraction of sp³-hybridized carbons (Fsp3) is 0.234. The molecule has 3 aromatic carbocycles. The first-order valence-corrected chi connectivity index (χ1v) is 17.7. The van der Waals surface area contributed by atoms with Crippen LogP contribution in [0.1, 0.15) is 52.0 Å². The van der Waals surface area contributed by atoms with Crippen LogP contribution in [0.3, 0.4) is 0 Å². The third kappa shape index (κ3) is 10.5. The van der Waals surface area contributed by atoms with Gasteiger partial charge in [0.1, 0.15) is 16.9 Å². The minimum atomic E-state index is 0.309. The highest BCUT2D eigenvalue weighted by Gasteiger charge is 2.18. The number of furan rings is 1. The van der Waals surface area contributed by atoms with Gasteiger partial charge in [-0.1, -0.05) is 167 Å². The predicted molar refractivity (Wildman–Crippen MR) is 214 cm³/mol. The minimum Gasteiger partial charge on any atom is -0.462 e. The third-order valence-electron chi connectivity index (χ3n) is 8.64. The standard InChI is InChI=1S/C45H46O2.C2H6/c1-5-7-20-36-21-14-11-9-10-12-15-24-37(23-8-6-2)38(27-18-22-36)31-30-35(4)46-43-33-44-42(32-34(43)3)41-29-19-28-40(45(41)47-44)39-25-16-13-17-26-39;1-2/h5-21,24-29,32-33,36-38H,1,4,22-23,30-31H2,2-3H3;1-2H3/b8-6-,11-9-,12-10+,20-7+,21-14-,24-15+,27-18-;/t36-,37?,38?;/m0./s1. The number of fused-ring (bicyclic) bond motifs is 3. The van der Waals surface area contributed by atoms with Crippen molar-refractivity contribution in [3.63, 3.8) is 0 Å². The van der Waals surface area contributed by atoms with E-state index in [1.807, 2.05) is 38.1 Å². The topological polar surface area (TPSA) is 22.4 Å². The highest BCUT2D eigenvalue weighted by atomic mass is 16.5. The molecule has 4 aromatic rings. The SMILES string of the molecule is C=C/C=C/[C@H]1\C=C/C=C\C=C\C=C\C(C/C=C\C)C(CCC(=C)Oc2cc3oc4c(-c5ccccc5)cccc4c3cc2C)/C=C\C1.CC. The van der Waals surface area contributed by atoms with E-state index in [4.69, 9.17) is 9.15 Å². The van der Waals surface area contributed by atoms with Gasteiger partial charge in [-0.15, -0.1) is 0 Å². The second kappa shape index (κ2) is 19.7. The lowest BCUT2D eigenvalue weighted by Gasteiger charge is -2.22. The fourth-order valence-electron chi connectivity index (χ4n) is 6.09. The van der Waals surface area contributed by atoms with Crippen LogP contribution in [-0.2, 0) is 0 Å². The highest BCUT2D eigenvalue weighted by molar-refractivity contribution is 6.10. The van der Waals surface area contributed by atoms with E-state index in [9.17, 15) is 0 Å². The van der Waals surface area contributed by atoms with E-state index in [1.54, 1.807) is 0 Å². The molecule has 0 radical (unpaired) electrons. The van der Waals surface area contributed by atoms with Gasteiger partial charge < -0.3 is 9.15 Å². The van der Waals surface area contributed by atoms with Gasteiger partial charge in [-0.3, -0.25) is 0 Å². The molecule has 2 heteroatoms. The highest BCUT2D eigenvalue weighted by Crippen LogP contribution is 2.39. The molecule has 1 aromatic heterocycles. The molecular weight excluding hydrogens is 597 g/mol. The number of aryl methyl sites for hydroxylation is 1. The van der Waals surface area contributed by atoms with Crippen LogP contribution in [0.2, 0.25) is 0 Å².